The fourth-order valence-electron chi connectivity index (χ4n) is 1.80. The van der Waals surface area contributed by atoms with E-state index >= 15 is 0 Å². The molecule has 0 unspecified atom stereocenters. The molecule has 1 aromatic carbocycles. The van der Waals surface area contributed by atoms with Crippen LogP contribution in [-0.2, 0) is 0 Å². The number of nitrogens with one attached hydrogen (secondary N) is 1. The number of anilines is 1. The summed E-state index contributed by atoms with van der Waals surface area (Å²) in [6.07, 6.45) is 4.81. The van der Waals surface area contributed by atoms with Gasteiger partial charge in [0.2, 0.25) is 0 Å². The molecule has 17 heavy (non-hydrogen) atoms. The van der Waals surface area contributed by atoms with Crippen LogP contribution in [0.5, 0.6) is 11.5 Å². The lowest BCUT2D eigenvalue weighted by Gasteiger charge is -2.15. The van der Waals surface area contributed by atoms with E-state index in [9.17, 15) is 0 Å². The second kappa shape index (κ2) is 5.08. The predicted octanol–water partition coefficient (Wildman–Crippen LogP) is 3.01. The minimum Gasteiger partial charge on any atom is -0.493 e. The summed E-state index contributed by atoms with van der Waals surface area (Å²) in [5.74, 6) is 1.54. The van der Waals surface area contributed by atoms with Crippen molar-refractivity contribution in [3.05, 3.63) is 18.2 Å². The molecule has 2 rings (SSSR count). The molecule has 0 radical (unpaired) electrons. The molecule has 0 spiro atoms. The average Bonchev–Trinajstić information content (AvgIpc) is 3.16. The Morgan fingerprint density at radius 2 is 1.94 bits per heavy atom. The molecule has 94 valence electrons. The number of hydrogen-bond acceptors (Lipinski definition) is 4. The Morgan fingerprint density at radius 1 is 1.24 bits per heavy atom. The second-order valence-corrected chi connectivity index (χ2v) is 5.58. The zero-order valence-electron chi connectivity index (χ0n) is 10.6. The van der Waals surface area contributed by atoms with Crippen LogP contribution in [0.4, 0.5) is 5.69 Å². The molecule has 0 heterocycles. The maximum absolute atomic E-state index is 5.28. The summed E-state index contributed by atoms with van der Waals surface area (Å²) >= 11 is 1.96. The Labute approximate surface area is 107 Å². The van der Waals surface area contributed by atoms with E-state index in [1.165, 1.54) is 12.8 Å². The number of thioether (sulfide) groups is 1. The number of ether oxygens (including phenoxy) is 2. The third-order valence-corrected chi connectivity index (χ3v) is 4.66. The molecule has 0 aromatic heterocycles. The van der Waals surface area contributed by atoms with E-state index in [2.05, 4.69) is 11.6 Å². The van der Waals surface area contributed by atoms with Gasteiger partial charge in [-0.1, -0.05) is 0 Å². The Bertz CT molecular complexity index is 391. The van der Waals surface area contributed by atoms with Gasteiger partial charge in [-0.05, 0) is 31.2 Å². The van der Waals surface area contributed by atoms with Crippen molar-refractivity contribution in [3.8, 4) is 11.5 Å². The third-order valence-electron chi connectivity index (χ3n) is 3.24. The molecule has 0 bridgehead atoms. The van der Waals surface area contributed by atoms with Gasteiger partial charge in [0.25, 0.3) is 0 Å². The molecular formula is C13H19NO2S. The Kier molecular flexibility index (Phi) is 3.72. The first-order valence-electron chi connectivity index (χ1n) is 5.74. The quantitative estimate of drug-likeness (QED) is 0.844. The summed E-state index contributed by atoms with van der Waals surface area (Å²) in [6.45, 7) is 1.02. The van der Waals surface area contributed by atoms with Gasteiger partial charge >= 0.3 is 0 Å². The minimum atomic E-state index is 0.465. The van der Waals surface area contributed by atoms with Crippen LogP contribution in [0.1, 0.15) is 12.8 Å². The predicted molar refractivity (Wildman–Crippen MR) is 73.5 cm³/mol. The summed E-state index contributed by atoms with van der Waals surface area (Å²) in [6, 6.07) is 5.94. The van der Waals surface area contributed by atoms with Gasteiger partial charge in [-0.2, -0.15) is 11.8 Å². The van der Waals surface area contributed by atoms with E-state index in [-0.39, 0.29) is 0 Å². The van der Waals surface area contributed by atoms with Crippen LogP contribution < -0.4 is 14.8 Å². The lowest BCUT2D eigenvalue weighted by Crippen LogP contribution is -2.17. The van der Waals surface area contributed by atoms with E-state index in [4.69, 9.17) is 9.47 Å². The lowest BCUT2D eigenvalue weighted by molar-refractivity contribution is 0.355. The third kappa shape index (κ3) is 2.80. The van der Waals surface area contributed by atoms with Crippen LogP contribution >= 0.6 is 11.8 Å². The molecule has 1 N–H and O–H groups in total. The number of rotatable bonds is 6. The lowest BCUT2D eigenvalue weighted by atomic mass is 10.2. The second-order valence-electron chi connectivity index (χ2n) is 4.31. The normalized spacial score (nSPS) is 16.4. The van der Waals surface area contributed by atoms with E-state index < -0.39 is 0 Å². The van der Waals surface area contributed by atoms with Crippen LogP contribution in [0.2, 0.25) is 0 Å². The summed E-state index contributed by atoms with van der Waals surface area (Å²) in [4.78, 5) is 0. The van der Waals surface area contributed by atoms with Gasteiger partial charge in [-0.25, -0.2) is 0 Å². The van der Waals surface area contributed by atoms with Crippen molar-refractivity contribution in [3.63, 3.8) is 0 Å². The van der Waals surface area contributed by atoms with Gasteiger partial charge < -0.3 is 14.8 Å². The topological polar surface area (TPSA) is 30.5 Å². The highest BCUT2D eigenvalue weighted by Crippen LogP contribution is 2.47. The molecule has 1 saturated carbocycles. The highest BCUT2D eigenvalue weighted by atomic mass is 32.2. The van der Waals surface area contributed by atoms with Crippen molar-refractivity contribution in [2.24, 2.45) is 0 Å². The zero-order valence-corrected chi connectivity index (χ0v) is 11.4. The molecule has 1 aromatic rings. The van der Waals surface area contributed by atoms with Crippen LogP contribution in [0.3, 0.4) is 0 Å². The molecule has 1 aliphatic carbocycles. The van der Waals surface area contributed by atoms with Crippen molar-refractivity contribution >= 4 is 17.4 Å². The van der Waals surface area contributed by atoms with Crippen molar-refractivity contribution in [2.75, 3.05) is 32.3 Å². The van der Waals surface area contributed by atoms with Gasteiger partial charge in [0.05, 0.1) is 14.2 Å². The molecule has 1 fully saturated rings. The highest BCUT2D eigenvalue weighted by Gasteiger charge is 2.41. The fraction of sp³-hybridized carbons (Fsp3) is 0.538. The first-order chi connectivity index (χ1) is 8.23. The minimum absolute atomic E-state index is 0.465. The Balaban J connectivity index is 2.01. The summed E-state index contributed by atoms with van der Waals surface area (Å²) < 4.78 is 11.0. The number of methoxy groups -OCH3 is 2. The number of benzene rings is 1. The summed E-state index contributed by atoms with van der Waals surface area (Å²) in [5.41, 5.74) is 1.09. The van der Waals surface area contributed by atoms with Gasteiger partial charge in [0.15, 0.2) is 11.5 Å². The standard InChI is InChI=1S/C13H19NO2S/c1-15-11-5-4-10(8-12(11)16-2)14-9-13(17-3)6-7-13/h4-5,8,14H,6-7,9H2,1-3H3. The molecule has 0 saturated heterocycles. The van der Waals surface area contributed by atoms with Crippen molar-refractivity contribution in [1.82, 2.24) is 0 Å². The maximum atomic E-state index is 5.28. The van der Waals surface area contributed by atoms with Gasteiger partial charge in [-0.15, -0.1) is 0 Å². The molecule has 0 atom stereocenters. The molecule has 1 aliphatic rings. The van der Waals surface area contributed by atoms with Gasteiger partial charge in [0, 0.05) is 23.0 Å². The Morgan fingerprint density at radius 3 is 2.47 bits per heavy atom. The first kappa shape index (κ1) is 12.4. The van der Waals surface area contributed by atoms with Crippen LogP contribution in [-0.4, -0.2) is 31.8 Å². The smallest absolute Gasteiger partial charge is 0.162 e. The van der Waals surface area contributed by atoms with Gasteiger partial charge in [0.1, 0.15) is 0 Å². The molecule has 3 nitrogen and oxygen atoms in total. The van der Waals surface area contributed by atoms with Crippen molar-refractivity contribution < 1.29 is 9.47 Å². The van der Waals surface area contributed by atoms with E-state index in [1.54, 1.807) is 14.2 Å². The largest absolute Gasteiger partial charge is 0.493 e. The molecular weight excluding hydrogens is 234 g/mol. The molecule has 0 amide bonds. The van der Waals surface area contributed by atoms with Crippen molar-refractivity contribution in [2.45, 2.75) is 17.6 Å². The maximum Gasteiger partial charge on any atom is 0.162 e. The van der Waals surface area contributed by atoms with Crippen molar-refractivity contribution in [1.29, 1.82) is 0 Å². The fourth-order valence-corrected chi connectivity index (χ4v) is 2.53. The van der Waals surface area contributed by atoms with Gasteiger partial charge in [-0.3, -0.25) is 0 Å². The summed E-state index contributed by atoms with van der Waals surface area (Å²) in [7, 11) is 3.31. The average molecular weight is 253 g/mol. The monoisotopic (exact) mass is 253 g/mol. The van der Waals surface area contributed by atoms with Crippen LogP contribution in [0.15, 0.2) is 18.2 Å². The summed E-state index contributed by atoms with van der Waals surface area (Å²) in [5, 5.41) is 3.47. The van der Waals surface area contributed by atoms with Crippen LogP contribution in [0, 0.1) is 0 Å². The SMILES string of the molecule is COc1ccc(NCC2(SC)CC2)cc1OC. The molecule has 4 heteroatoms. The Hall–Kier alpha value is -1.03. The van der Waals surface area contributed by atoms with Crippen LogP contribution in [0.25, 0.3) is 0 Å². The number of hydrogen-bond donors (Lipinski definition) is 1. The highest BCUT2D eigenvalue weighted by molar-refractivity contribution is 8.00. The van der Waals surface area contributed by atoms with E-state index in [0.717, 1.165) is 23.7 Å². The zero-order chi connectivity index (χ0) is 12.3. The first-order valence-corrected chi connectivity index (χ1v) is 6.96. The van der Waals surface area contributed by atoms with E-state index in [0.29, 0.717) is 4.75 Å². The molecule has 0 aliphatic heterocycles. The van der Waals surface area contributed by atoms with E-state index in [1.807, 2.05) is 30.0 Å².